The van der Waals surface area contributed by atoms with Crippen LogP contribution in [-0.4, -0.2) is 35.1 Å². The zero-order valence-electron chi connectivity index (χ0n) is 19.7. The van der Waals surface area contributed by atoms with E-state index >= 15 is 0 Å². The summed E-state index contributed by atoms with van der Waals surface area (Å²) < 4.78 is 0. The minimum atomic E-state index is -0.601. The molecule has 2 amide bonds. The number of nitrogens with one attached hydrogen (secondary N) is 1. The Kier molecular flexibility index (Phi) is 10.0. The van der Waals surface area contributed by atoms with Crippen LogP contribution >= 0.6 is 23.4 Å². The molecule has 178 valence electrons. The molecule has 0 bridgehead atoms. The number of likely N-dealkylation sites (N-methyl/N-ethyl adjacent to an activating group) is 1. The van der Waals surface area contributed by atoms with Crippen molar-refractivity contribution in [1.82, 2.24) is 10.2 Å². The summed E-state index contributed by atoms with van der Waals surface area (Å²) in [5.74, 6) is 0.699. The number of aryl methyl sites for hydroxylation is 1. The predicted octanol–water partition coefficient (Wildman–Crippen LogP) is 5.66. The van der Waals surface area contributed by atoms with Crippen molar-refractivity contribution in [3.63, 3.8) is 0 Å². The number of nitrogens with zero attached hydrogens (tertiary/aromatic N) is 1. The number of hydrogen-bond acceptors (Lipinski definition) is 3. The van der Waals surface area contributed by atoms with Gasteiger partial charge in [-0.15, -0.1) is 11.8 Å². The van der Waals surface area contributed by atoms with Crippen LogP contribution in [0.3, 0.4) is 0 Å². The molecular formula is C28H31ClN2O2S. The smallest absolute Gasteiger partial charge is 0.243 e. The second-order valence-corrected chi connectivity index (χ2v) is 9.59. The molecule has 1 atom stereocenters. The van der Waals surface area contributed by atoms with Crippen LogP contribution < -0.4 is 5.32 Å². The van der Waals surface area contributed by atoms with Gasteiger partial charge in [-0.25, -0.2) is 0 Å². The van der Waals surface area contributed by atoms with Crippen LogP contribution in [0.25, 0.3) is 0 Å². The van der Waals surface area contributed by atoms with E-state index in [1.807, 2.05) is 86.6 Å². The van der Waals surface area contributed by atoms with E-state index in [-0.39, 0.29) is 17.6 Å². The average Bonchev–Trinajstić information content (AvgIpc) is 2.83. The van der Waals surface area contributed by atoms with Gasteiger partial charge in [0, 0.05) is 30.3 Å². The van der Waals surface area contributed by atoms with Crippen molar-refractivity contribution in [2.45, 2.75) is 38.6 Å². The van der Waals surface area contributed by atoms with Gasteiger partial charge in [0.1, 0.15) is 6.04 Å². The maximum Gasteiger partial charge on any atom is 0.243 e. The molecule has 3 rings (SSSR count). The molecule has 1 N–H and O–H groups in total. The zero-order valence-corrected chi connectivity index (χ0v) is 21.2. The van der Waals surface area contributed by atoms with E-state index in [4.69, 9.17) is 11.6 Å². The van der Waals surface area contributed by atoms with Gasteiger partial charge in [0.15, 0.2) is 0 Å². The maximum atomic E-state index is 13.5. The van der Waals surface area contributed by atoms with E-state index in [1.54, 1.807) is 4.90 Å². The third-order valence-electron chi connectivity index (χ3n) is 5.50. The minimum absolute atomic E-state index is 0.0641. The van der Waals surface area contributed by atoms with Crippen molar-refractivity contribution in [3.05, 3.63) is 106 Å². The number of rotatable bonds is 11. The van der Waals surface area contributed by atoms with Gasteiger partial charge in [0.05, 0.1) is 5.75 Å². The molecule has 3 aromatic carbocycles. The van der Waals surface area contributed by atoms with Gasteiger partial charge < -0.3 is 10.2 Å². The monoisotopic (exact) mass is 494 g/mol. The summed E-state index contributed by atoms with van der Waals surface area (Å²) in [4.78, 5) is 28.4. The van der Waals surface area contributed by atoms with Crippen LogP contribution in [0.5, 0.6) is 0 Å². The summed E-state index contributed by atoms with van der Waals surface area (Å²) in [6, 6.07) is 25.0. The van der Waals surface area contributed by atoms with Crippen molar-refractivity contribution in [2.24, 2.45) is 0 Å². The van der Waals surface area contributed by atoms with E-state index < -0.39 is 6.04 Å². The Morgan fingerprint density at radius 3 is 2.38 bits per heavy atom. The first kappa shape index (κ1) is 25.9. The van der Waals surface area contributed by atoms with Crippen LogP contribution in [0.4, 0.5) is 0 Å². The van der Waals surface area contributed by atoms with Gasteiger partial charge in [-0.1, -0.05) is 90.0 Å². The Bertz CT molecular complexity index is 1090. The second kappa shape index (κ2) is 13.2. The van der Waals surface area contributed by atoms with Crippen LogP contribution in [0.15, 0.2) is 78.9 Å². The topological polar surface area (TPSA) is 49.4 Å². The molecule has 3 aromatic rings. The van der Waals surface area contributed by atoms with E-state index in [1.165, 1.54) is 11.8 Å². The quantitative estimate of drug-likeness (QED) is 0.374. The average molecular weight is 495 g/mol. The predicted molar refractivity (Wildman–Crippen MR) is 142 cm³/mol. The van der Waals surface area contributed by atoms with Gasteiger partial charge in [-0.2, -0.15) is 0 Å². The van der Waals surface area contributed by atoms with Crippen molar-refractivity contribution >= 4 is 35.2 Å². The van der Waals surface area contributed by atoms with E-state index in [0.29, 0.717) is 30.3 Å². The number of amides is 2. The van der Waals surface area contributed by atoms with Crippen LogP contribution in [0, 0.1) is 6.92 Å². The summed E-state index contributed by atoms with van der Waals surface area (Å²) >= 11 is 7.79. The molecule has 0 aromatic heterocycles. The summed E-state index contributed by atoms with van der Waals surface area (Å²) in [5, 5.41) is 3.63. The van der Waals surface area contributed by atoms with Gasteiger partial charge in [0.25, 0.3) is 0 Å². The maximum absolute atomic E-state index is 13.5. The molecule has 4 nitrogen and oxygen atoms in total. The lowest BCUT2D eigenvalue weighted by Gasteiger charge is -2.31. The molecule has 0 spiro atoms. The third kappa shape index (κ3) is 7.64. The van der Waals surface area contributed by atoms with Crippen LogP contribution in [0.2, 0.25) is 5.02 Å². The lowest BCUT2D eigenvalue weighted by Crippen LogP contribution is -2.51. The highest BCUT2D eigenvalue weighted by Gasteiger charge is 2.30. The summed E-state index contributed by atoms with van der Waals surface area (Å²) in [6.45, 7) is 4.81. The molecule has 1 unspecified atom stereocenters. The van der Waals surface area contributed by atoms with Gasteiger partial charge in [0.2, 0.25) is 11.8 Å². The fourth-order valence-electron chi connectivity index (χ4n) is 3.80. The fraction of sp³-hybridized carbons (Fsp3) is 0.286. The number of halogens is 1. The SMILES string of the molecule is CCNC(=O)C(Cc1ccccc1)N(Cc1cccc(C)c1)C(=O)CSCc1ccccc1Cl. The highest BCUT2D eigenvalue weighted by molar-refractivity contribution is 7.99. The molecule has 0 saturated heterocycles. The van der Waals surface area contributed by atoms with Crippen LogP contribution in [-0.2, 0) is 28.3 Å². The number of hydrogen-bond donors (Lipinski definition) is 1. The Labute approximate surface area is 211 Å². The molecule has 6 heteroatoms. The molecule has 0 radical (unpaired) electrons. The Morgan fingerprint density at radius 2 is 1.68 bits per heavy atom. The van der Waals surface area contributed by atoms with Crippen molar-refractivity contribution < 1.29 is 9.59 Å². The first-order valence-corrected chi connectivity index (χ1v) is 13.0. The fourth-order valence-corrected chi connectivity index (χ4v) is 5.00. The van der Waals surface area contributed by atoms with Gasteiger partial charge in [-0.05, 0) is 36.6 Å². The lowest BCUT2D eigenvalue weighted by atomic mass is 10.0. The first-order chi connectivity index (χ1) is 16.5. The zero-order chi connectivity index (χ0) is 24.3. The lowest BCUT2D eigenvalue weighted by molar-refractivity contribution is -0.139. The summed E-state index contributed by atoms with van der Waals surface area (Å²) in [6.07, 6.45) is 0.458. The Morgan fingerprint density at radius 1 is 0.971 bits per heavy atom. The molecule has 0 saturated carbocycles. The number of thioether (sulfide) groups is 1. The third-order valence-corrected chi connectivity index (χ3v) is 6.83. The van der Waals surface area contributed by atoms with Crippen molar-refractivity contribution in [1.29, 1.82) is 0 Å². The van der Waals surface area contributed by atoms with Gasteiger partial charge >= 0.3 is 0 Å². The molecular weight excluding hydrogens is 464 g/mol. The van der Waals surface area contributed by atoms with Crippen LogP contribution in [0.1, 0.15) is 29.2 Å². The number of benzene rings is 3. The van der Waals surface area contributed by atoms with E-state index in [9.17, 15) is 9.59 Å². The van der Waals surface area contributed by atoms with E-state index in [2.05, 4.69) is 11.4 Å². The Balaban J connectivity index is 1.83. The van der Waals surface area contributed by atoms with Crippen molar-refractivity contribution in [2.75, 3.05) is 12.3 Å². The molecule has 0 fully saturated rings. The number of carbonyl (C=O) groups excluding carboxylic acids is 2. The molecule has 34 heavy (non-hydrogen) atoms. The van der Waals surface area contributed by atoms with Gasteiger partial charge in [-0.3, -0.25) is 9.59 Å². The first-order valence-electron chi connectivity index (χ1n) is 11.5. The molecule has 0 aliphatic heterocycles. The minimum Gasteiger partial charge on any atom is -0.355 e. The summed E-state index contributed by atoms with van der Waals surface area (Å²) in [5.41, 5.74) is 4.14. The number of carbonyl (C=O) groups is 2. The molecule has 0 heterocycles. The molecule has 0 aliphatic carbocycles. The summed E-state index contributed by atoms with van der Waals surface area (Å²) in [7, 11) is 0. The standard InChI is InChI=1S/C28H31ClN2O2S/c1-3-30-28(33)26(17-22-11-5-4-6-12-22)31(18-23-13-9-10-21(2)16-23)27(32)20-34-19-24-14-7-8-15-25(24)29/h4-16,26H,3,17-20H2,1-2H3,(H,30,33). The Hall–Kier alpha value is -2.76. The largest absolute Gasteiger partial charge is 0.355 e. The van der Waals surface area contributed by atoms with E-state index in [0.717, 1.165) is 22.3 Å². The van der Waals surface area contributed by atoms with Crippen molar-refractivity contribution in [3.8, 4) is 0 Å². The second-order valence-electron chi connectivity index (χ2n) is 8.20. The highest BCUT2D eigenvalue weighted by atomic mass is 35.5. The highest BCUT2D eigenvalue weighted by Crippen LogP contribution is 2.22. The molecule has 0 aliphatic rings. The normalized spacial score (nSPS) is 11.6.